The van der Waals surface area contributed by atoms with Crippen LogP contribution in [0, 0.1) is 5.92 Å². The highest BCUT2D eigenvalue weighted by Gasteiger charge is 2.33. The van der Waals surface area contributed by atoms with Gasteiger partial charge in [-0.05, 0) is 35.7 Å². The number of hydrogen-bond acceptors (Lipinski definition) is 0. The summed E-state index contributed by atoms with van der Waals surface area (Å²) in [5.74, 6) is 0.890. The molecular weight excluding hydrogens is 187 g/mol. The zero-order chi connectivity index (χ0) is 10.8. The van der Waals surface area contributed by atoms with E-state index in [0.29, 0.717) is 5.16 Å². The van der Waals surface area contributed by atoms with E-state index in [1.54, 1.807) is 0 Å². The van der Waals surface area contributed by atoms with Crippen LogP contribution in [0.1, 0.15) is 60.3 Å². The van der Waals surface area contributed by atoms with E-state index in [1.165, 1.54) is 31.8 Å². The lowest BCUT2D eigenvalue weighted by Gasteiger charge is -2.37. The van der Waals surface area contributed by atoms with Crippen LogP contribution >= 0.6 is 7.92 Å². The Morgan fingerprint density at radius 3 is 2.00 bits per heavy atom. The second kappa shape index (κ2) is 4.97. The first-order valence-corrected chi connectivity index (χ1v) is 7.77. The van der Waals surface area contributed by atoms with E-state index in [4.69, 9.17) is 0 Å². The smallest absolute Gasteiger partial charge is 0.0177 e. The predicted molar refractivity (Wildman–Crippen MR) is 68.6 cm³/mol. The summed E-state index contributed by atoms with van der Waals surface area (Å²) in [5.41, 5.74) is 1.09. The van der Waals surface area contributed by atoms with Crippen LogP contribution in [0.25, 0.3) is 0 Å². The lowest BCUT2D eigenvalue weighted by molar-refractivity contribution is 0.695. The SMILES string of the molecule is CC(C)CP(C1CCCC1)C(C)(C)C. The van der Waals surface area contributed by atoms with Gasteiger partial charge in [-0.25, -0.2) is 0 Å². The fraction of sp³-hybridized carbons (Fsp3) is 1.00. The van der Waals surface area contributed by atoms with Crippen LogP contribution in [0.2, 0.25) is 0 Å². The topological polar surface area (TPSA) is 0 Å². The Kier molecular flexibility index (Phi) is 4.44. The van der Waals surface area contributed by atoms with Crippen LogP contribution in [-0.4, -0.2) is 17.0 Å². The quantitative estimate of drug-likeness (QED) is 0.588. The van der Waals surface area contributed by atoms with Gasteiger partial charge in [0, 0.05) is 0 Å². The highest BCUT2D eigenvalue weighted by Crippen LogP contribution is 2.58. The highest BCUT2D eigenvalue weighted by atomic mass is 31.1. The van der Waals surface area contributed by atoms with Crippen molar-refractivity contribution in [3.63, 3.8) is 0 Å². The average molecular weight is 214 g/mol. The maximum atomic E-state index is 2.46. The molecule has 84 valence electrons. The number of rotatable bonds is 3. The monoisotopic (exact) mass is 214 g/mol. The van der Waals surface area contributed by atoms with Crippen molar-refractivity contribution >= 4 is 7.92 Å². The average Bonchev–Trinajstić information content (AvgIpc) is 2.49. The fourth-order valence-electron chi connectivity index (χ4n) is 2.58. The van der Waals surface area contributed by atoms with E-state index in [0.717, 1.165) is 11.6 Å². The Bertz CT molecular complexity index is 161. The summed E-state index contributed by atoms with van der Waals surface area (Å²) in [4.78, 5) is 0. The summed E-state index contributed by atoms with van der Waals surface area (Å²) < 4.78 is 0. The molecule has 0 nitrogen and oxygen atoms in total. The van der Waals surface area contributed by atoms with Gasteiger partial charge in [-0.15, -0.1) is 0 Å². The molecule has 1 aliphatic carbocycles. The van der Waals surface area contributed by atoms with Gasteiger partial charge in [-0.3, -0.25) is 0 Å². The summed E-state index contributed by atoms with van der Waals surface area (Å²) in [6.07, 6.45) is 7.53. The molecular formula is C13H27P. The Labute approximate surface area is 91.6 Å². The van der Waals surface area contributed by atoms with Crippen molar-refractivity contribution in [3.05, 3.63) is 0 Å². The minimum Gasteiger partial charge on any atom is -0.0977 e. The molecule has 0 heterocycles. The molecule has 1 rings (SSSR count). The summed E-state index contributed by atoms with van der Waals surface area (Å²) in [6, 6.07) is 0. The van der Waals surface area contributed by atoms with E-state index in [9.17, 15) is 0 Å². The molecule has 0 saturated heterocycles. The van der Waals surface area contributed by atoms with E-state index in [-0.39, 0.29) is 7.92 Å². The number of hydrogen-bond donors (Lipinski definition) is 0. The molecule has 1 saturated carbocycles. The predicted octanol–water partition coefficient (Wildman–Crippen LogP) is 4.87. The largest absolute Gasteiger partial charge is 0.0977 e. The van der Waals surface area contributed by atoms with Gasteiger partial charge >= 0.3 is 0 Å². The van der Waals surface area contributed by atoms with Gasteiger partial charge in [0.2, 0.25) is 0 Å². The van der Waals surface area contributed by atoms with Crippen molar-refractivity contribution in [2.75, 3.05) is 6.16 Å². The molecule has 0 radical (unpaired) electrons. The molecule has 1 fully saturated rings. The molecule has 1 atom stereocenters. The van der Waals surface area contributed by atoms with Crippen LogP contribution in [0.5, 0.6) is 0 Å². The molecule has 1 unspecified atom stereocenters. The minimum absolute atomic E-state index is 0.258. The summed E-state index contributed by atoms with van der Waals surface area (Å²) in [6.45, 7) is 12.1. The van der Waals surface area contributed by atoms with Gasteiger partial charge in [-0.1, -0.05) is 55.4 Å². The second-order valence-corrected chi connectivity index (χ2v) is 9.53. The third-order valence-corrected chi connectivity index (χ3v) is 7.43. The molecule has 0 amide bonds. The van der Waals surface area contributed by atoms with Gasteiger partial charge < -0.3 is 0 Å². The van der Waals surface area contributed by atoms with Crippen LogP contribution in [0.15, 0.2) is 0 Å². The maximum absolute atomic E-state index is 2.46. The zero-order valence-electron chi connectivity index (χ0n) is 10.6. The highest BCUT2D eigenvalue weighted by molar-refractivity contribution is 7.60. The van der Waals surface area contributed by atoms with Crippen molar-refractivity contribution in [1.82, 2.24) is 0 Å². The van der Waals surface area contributed by atoms with Crippen LogP contribution < -0.4 is 0 Å². The van der Waals surface area contributed by atoms with Gasteiger partial charge in [0.15, 0.2) is 0 Å². The molecule has 0 bridgehead atoms. The van der Waals surface area contributed by atoms with E-state index < -0.39 is 0 Å². The van der Waals surface area contributed by atoms with Crippen molar-refractivity contribution in [2.45, 2.75) is 71.1 Å². The summed E-state index contributed by atoms with van der Waals surface area (Å²) in [7, 11) is 0.258. The Morgan fingerprint density at radius 1 is 1.14 bits per heavy atom. The lowest BCUT2D eigenvalue weighted by Crippen LogP contribution is -2.22. The molecule has 0 aromatic carbocycles. The first-order chi connectivity index (χ1) is 6.41. The van der Waals surface area contributed by atoms with Crippen LogP contribution in [0.3, 0.4) is 0 Å². The standard InChI is InChI=1S/C13H27P/c1-11(2)10-14(13(3,4)5)12-8-6-7-9-12/h11-12H,6-10H2,1-5H3. The molecule has 1 heteroatoms. The Hall–Kier alpha value is 0.430. The molecule has 14 heavy (non-hydrogen) atoms. The van der Waals surface area contributed by atoms with E-state index >= 15 is 0 Å². The molecule has 0 aliphatic heterocycles. The third-order valence-electron chi connectivity index (χ3n) is 3.19. The van der Waals surface area contributed by atoms with Crippen molar-refractivity contribution in [3.8, 4) is 0 Å². The normalized spacial score (nSPS) is 21.9. The van der Waals surface area contributed by atoms with Crippen molar-refractivity contribution in [2.24, 2.45) is 5.92 Å². The Morgan fingerprint density at radius 2 is 1.64 bits per heavy atom. The van der Waals surface area contributed by atoms with Gasteiger partial charge in [0.05, 0.1) is 0 Å². The van der Waals surface area contributed by atoms with E-state index in [1.807, 2.05) is 0 Å². The molecule has 0 N–H and O–H groups in total. The van der Waals surface area contributed by atoms with Crippen molar-refractivity contribution < 1.29 is 0 Å². The lowest BCUT2D eigenvalue weighted by atomic mass is 10.2. The molecule has 0 spiro atoms. The first-order valence-electron chi connectivity index (χ1n) is 6.18. The van der Waals surface area contributed by atoms with Gasteiger partial charge in [0.1, 0.15) is 0 Å². The third kappa shape index (κ3) is 3.54. The van der Waals surface area contributed by atoms with Gasteiger partial charge in [0.25, 0.3) is 0 Å². The zero-order valence-corrected chi connectivity index (χ0v) is 11.5. The van der Waals surface area contributed by atoms with Crippen LogP contribution in [0.4, 0.5) is 0 Å². The Balaban J connectivity index is 2.60. The fourth-order valence-corrected chi connectivity index (χ4v) is 6.30. The minimum atomic E-state index is 0.258. The second-order valence-electron chi connectivity index (χ2n) is 6.16. The maximum Gasteiger partial charge on any atom is -0.0177 e. The summed E-state index contributed by atoms with van der Waals surface area (Å²) in [5, 5.41) is 0.578. The van der Waals surface area contributed by atoms with Crippen LogP contribution in [-0.2, 0) is 0 Å². The van der Waals surface area contributed by atoms with Crippen molar-refractivity contribution in [1.29, 1.82) is 0 Å². The molecule has 0 aromatic heterocycles. The van der Waals surface area contributed by atoms with Gasteiger partial charge in [-0.2, -0.15) is 0 Å². The van der Waals surface area contributed by atoms with E-state index in [2.05, 4.69) is 34.6 Å². The summed E-state index contributed by atoms with van der Waals surface area (Å²) >= 11 is 0. The first kappa shape index (κ1) is 12.5. The molecule has 0 aromatic rings. The molecule has 1 aliphatic rings.